The fraction of sp³-hybridized carbons (Fsp3) is 0.818. The first-order chi connectivity index (χ1) is 6.13. The van der Waals surface area contributed by atoms with Crippen LogP contribution in [0.2, 0.25) is 0 Å². The van der Waals surface area contributed by atoms with Gasteiger partial charge in [0.05, 0.1) is 0 Å². The third-order valence-corrected chi connectivity index (χ3v) is 1.06. The van der Waals surface area contributed by atoms with Crippen LogP contribution >= 0.6 is 0 Å². The lowest BCUT2D eigenvalue weighted by Gasteiger charge is -1.90. The van der Waals surface area contributed by atoms with Gasteiger partial charge in [-0.2, -0.15) is 0 Å². The standard InChI is InChI=1S/C7H12O2.2C2H6/c1-6(8)4-3-5-7(2)9;2*1-2/h3-5H2,1-2H3;2*1-2H3. The number of rotatable bonds is 4. The molecule has 0 spiro atoms. The molecule has 0 N–H and O–H groups in total. The van der Waals surface area contributed by atoms with Gasteiger partial charge >= 0.3 is 0 Å². The van der Waals surface area contributed by atoms with Gasteiger partial charge in [0.2, 0.25) is 0 Å². The Bertz CT molecular complexity index is 103. The predicted molar refractivity (Wildman–Crippen MR) is 57.9 cm³/mol. The molecule has 0 radical (unpaired) electrons. The van der Waals surface area contributed by atoms with Crippen LogP contribution in [0.1, 0.15) is 60.8 Å². The average molecular weight is 188 g/mol. The van der Waals surface area contributed by atoms with Crippen molar-refractivity contribution in [3.8, 4) is 0 Å². The molecule has 80 valence electrons. The molecule has 0 fully saturated rings. The number of ketones is 2. The molecule has 0 heterocycles. The molecule has 0 bridgehead atoms. The summed E-state index contributed by atoms with van der Waals surface area (Å²) in [6, 6.07) is 0. The van der Waals surface area contributed by atoms with Crippen molar-refractivity contribution in [2.24, 2.45) is 0 Å². The first kappa shape index (κ1) is 18.2. The third-order valence-electron chi connectivity index (χ3n) is 1.06. The van der Waals surface area contributed by atoms with Crippen molar-refractivity contribution < 1.29 is 9.59 Å². The zero-order valence-electron chi connectivity index (χ0n) is 9.94. The molecule has 0 aliphatic carbocycles. The quantitative estimate of drug-likeness (QED) is 0.677. The molecule has 0 atom stereocenters. The molecule has 0 aliphatic heterocycles. The van der Waals surface area contributed by atoms with Gasteiger partial charge in [-0.15, -0.1) is 0 Å². The maximum Gasteiger partial charge on any atom is 0.129 e. The summed E-state index contributed by atoms with van der Waals surface area (Å²) in [5.74, 6) is 0.326. The molecule has 2 nitrogen and oxygen atoms in total. The predicted octanol–water partition coefficient (Wildman–Crippen LogP) is 3.39. The molecular formula is C11H24O2. The summed E-state index contributed by atoms with van der Waals surface area (Å²) in [5.41, 5.74) is 0. The maximum absolute atomic E-state index is 10.3. The van der Waals surface area contributed by atoms with E-state index >= 15 is 0 Å². The third kappa shape index (κ3) is 34.7. The van der Waals surface area contributed by atoms with Gasteiger partial charge in [0.15, 0.2) is 0 Å². The van der Waals surface area contributed by atoms with Gasteiger partial charge in [-0.05, 0) is 20.3 Å². The Morgan fingerprint density at radius 2 is 1.00 bits per heavy atom. The van der Waals surface area contributed by atoms with Crippen LogP contribution in [0.25, 0.3) is 0 Å². The summed E-state index contributed by atoms with van der Waals surface area (Å²) in [4.78, 5) is 20.6. The van der Waals surface area contributed by atoms with Crippen LogP contribution in [0, 0.1) is 0 Å². The van der Waals surface area contributed by atoms with E-state index in [9.17, 15) is 9.59 Å². The summed E-state index contributed by atoms with van der Waals surface area (Å²) in [7, 11) is 0. The molecule has 0 saturated heterocycles. The van der Waals surface area contributed by atoms with Gasteiger partial charge in [0, 0.05) is 12.8 Å². The van der Waals surface area contributed by atoms with Crippen molar-refractivity contribution in [1.82, 2.24) is 0 Å². The van der Waals surface area contributed by atoms with E-state index in [1.165, 1.54) is 0 Å². The summed E-state index contributed by atoms with van der Waals surface area (Å²) >= 11 is 0. The molecule has 0 aliphatic rings. The lowest BCUT2D eigenvalue weighted by atomic mass is 10.1. The van der Waals surface area contributed by atoms with Crippen molar-refractivity contribution in [2.45, 2.75) is 60.8 Å². The lowest BCUT2D eigenvalue weighted by Crippen LogP contribution is -1.93. The summed E-state index contributed by atoms with van der Waals surface area (Å²) in [6.45, 7) is 11.1. The Morgan fingerprint density at radius 1 is 0.769 bits per heavy atom. The minimum atomic E-state index is 0.163. The Morgan fingerprint density at radius 3 is 1.15 bits per heavy atom. The van der Waals surface area contributed by atoms with Crippen molar-refractivity contribution in [1.29, 1.82) is 0 Å². The zero-order chi connectivity index (χ0) is 11.3. The highest BCUT2D eigenvalue weighted by atomic mass is 16.1. The first-order valence-electron chi connectivity index (χ1n) is 5.12. The van der Waals surface area contributed by atoms with Gasteiger partial charge < -0.3 is 9.59 Å². The van der Waals surface area contributed by atoms with Gasteiger partial charge in [-0.25, -0.2) is 0 Å². The second-order valence-electron chi connectivity index (χ2n) is 2.26. The number of carbonyl (C=O) groups excluding carboxylic acids is 2. The summed E-state index contributed by atoms with van der Waals surface area (Å²) in [5, 5.41) is 0. The van der Waals surface area contributed by atoms with E-state index in [0.29, 0.717) is 19.3 Å². The van der Waals surface area contributed by atoms with Crippen LogP contribution in [-0.4, -0.2) is 11.6 Å². The van der Waals surface area contributed by atoms with Gasteiger partial charge in [0.25, 0.3) is 0 Å². The van der Waals surface area contributed by atoms with Crippen LogP contribution in [0.3, 0.4) is 0 Å². The van der Waals surface area contributed by atoms with E-state index in [-0.39, 0.29) is 11.6 Å². The van der Waals surface area contributed by atoms with E-state index in [4.69, 9.17) is 0 Å². The van der Waals surface area contributed by atoms with Gasteiger partial charge in [-0.1, -0.05) is 27.7 Å². The van der Waals surface area contributed by atoms with Crippen molar-refractivity contribution in [3.63, 3.8) is 0 Å². The van der Waals surface area contributed by atoms with Crippen LogP contribution in [0.15, 0.2) is 0 Å². The molecular weight excluding hydrogens is 164 g/mol. The van der Waals surface area contributed by atoms with Crippen molar-refractivity contribution in [3.05, 3.63) is 0 Å². The highest BCUT2D eigenvalue weighted by Crippen LogP contribution is 1.95. The molecule has 0 aromatic heterocycles. The summed E-state index contributed by atoms with van der Waals surface area (Å²) in [6.07, 6.45) is 1.80. The fourth-order valence-electron chi connectivity index (χ4n) is 0.586. The maximum atomic E-state index is 10.3. The molecule has 0 amide bonds. The zero-order valence-corrected chi connectivity index (χ0v) is 9.94. The van der Waals surface area contributed by atoms with Gasteiger partial charge in [-0.3, -0.25) is 0 Å². The first-order valence-corrected chi connectivity index (χ1v) is 5.12. The van der Waals surface area contributed by atoms with Crippen LogP contribution < -0.4 is 0 Å². The van der Waals surface area contributed by atoms with E-state index in [2.05, 4.69) is 0 Å². The fourth-order valence-corrected chi connectivity index (χ4v) is 0.586. The number of hydrogen-bond acceptors (Lipinski definition) is 2. The van der Waals surface area contributed by atoms with Gasteiger partial charge in [0.1, 0.15) is 11.6 Å². The van der Waals surface area contributed by atoms with Crippen LogP contribution in [0.5, 0.6) is 0 Å². The molecule has 0 aromatic rings. The van der Waals surface area contributed by atoms with Crippen molar-refractivity contribution >= 4 is 11.6 Å². The van der Waals surface area contributed by atoms with E-state index < -0.39 is 0 Å². The Hall–Kier alpha value is -0.660. The molecule has 0 unspecified atom stereocenters. The Balaban J connectivity index is -0.000000218. The van der Waals surface area contributed by atoms with Crippen LogP contribution in [-0.2, 0) is 9.59 Å². The topological polar surface area (TPSA) is 34.1 Å². The van der Waals surface area contributed by atoms with Crippen LogP contribution in [0.4, 0.5) is 0 Å². The Kier molecular flexibility index (Phi) is 24.4. The summed E-state index contributed by atoms with van der Waals surface area (Å²) < 4.78 is 0. The number of carbonyl (C=O) groups is 2. The van der Waals surface area contributed by atoms with Crippen molar-refractivity contribution in [2.75, 3.05) is 0 Å². The normalized spacial score (nSPS) is 7.23. The minimum absolute atomic E-state index is 0.163. The highest BCUT2D eigenvalue weighted by Gasteiger charge is 1.95. The molecule has 0 rings (SSSR count). The average Bonchev–Trinajstić information content (AvgIpc) is 2.10. The molecule has 0 saturated carbocycles. The molecule has 0 aromatic carbocycles. The molecule has 2 heteroatoms. The second-order valence-corrected chi connectivity index (χ2v) is 2.26. The minimum Gasteiger partial charge on any atom is -0.300 e. The van der Waals surface area contributed by atoms with E-state index in [1.807, 2.05) is 27.7 Å². The van der Waals surface area contributed by atoms with E-state index in [0.717, 1.165) is 0 Å². The number of hydrogen-bond donors (Lipinski definition) is 0. The monoisotopic (exact) mass is 188 g/mol. The smallest absolute Gasteiger partial charge is 0.129 e. The largest absolute Gasteiger partial charge is 0.300 e. The highest BCUT2D eigenvalue weighted by molar-refractivity contribution is 5.78. The molecule has 13 heavy (non-hydrogen) atoms. The Labute approximate surface area is 82.7 Å². The number of Topliss-reactive ketones (excluding diaryl/α,β-unsaturated/α-hetero) is 2. The second kappa shape index (κ2) is 17.4. The van der Waals surface area contributed by atoms with E-state index in [1.54, 1.807) is 13.8 Å². The lowest BCUT2D eigenvalue weighted by molar-refractivity contribution is -0.118. The SMILES string of the molecule is CC.CC.CC(=O)CCCC(C)=O.